The standard InChI is InChI=1S/C29H23BrN2O6S/c1-13-4-6-19-22(8-13)39-29(31-19)32-24(17-11-18(30)26(34)21(12-17)37-3)23(27(35)28(32)36)25(33)15-5-7-20-16(10-15)9-14(2)38-20/h4-8,10-12,14,24,33-34H,9H2,1-3H3/b25-23+/t14-,24-/m0/s1. The van der Waals surface area contributed by atoms with Crippen molar-refractivity contribution in [1.82, 2.24) is 4.98 Å². The number of ketones is 1. The summed E-state index contributed by atoms with van der Waals surface area (Å²) >= 11 is 4.63. The van der Waals surface area contributed by atoms with Crippen molar-refractivity contribution in [2.75, 3.05) is 12.0 Å². The predicted octanol–water partition coefficient (Wildman–Crippen LogP) is 6.03. The molecule has 0 radical (unpaired) electrons. The summed E-state index contributed by atoms with van der Waals surface area (Å²) in [6, 6.07) is 13.1. The molecule has 1 aromatic heterocycles. The van der Waals surface area contributed by atoms with Crippen LogP contribution in [-0.2, 0) is 16.0 Å². The Labute approximate surface area is 236 Å². The van der Waals surface area contributed by atoms with Crippen LogP contribution in [0.1, 0.15) is 35.2 Å². The Bertz CT molecular complexity index is 1730. The van der Waals surface area contributed by atoms with E-state index in [0.29, 0.717) is 32.7 Å². The zero-order valence-corrected chi connectivity index (χ0v) is 23.6. The smallest absolute Gasteiger partial charge is 0.301 e. The Morgan fingerprint density at radius 3 is 2.74 bits per heavy atom. The number of hydrogen-bond donors (Lipinski definition) is 2. The third-order valence-corrected chi connectivity index (χ3v) is 8.56. The summed E-state index contributed by atoms with van der Waals surface area (Å²) in [7, 11) is 1.41. The number of fused-ring (bicyclic) bond motifs is 2. The fourth-order valence-corrected chi connectivity index (χ4v) is 6.65. The zero-order chi connectivity index (χ0) is 27.6. The van der Waals surface area contributed by atoms with E-state index in [4.69, 9.17) is 9.47 Å². The van der Waals surface area contributed by atoms with Crippen LogP contribution in [0.25, 0.3) is 16.0 Å². The molecule has 198 valence electrons. The van der Waals surface area contributed by atoms with Crippen LogP contribution >= 0.6 is 27.3 Å². The maximum Gasteiger partial charge on any atom is 0.301 e. The van der Waals surface area contributed by atoms with Gasteiger partial charge >= 0.3 is 5.91 Å². The number of aryl methyl sites for hydroxylation is 1. The van der Waals surface area contributed by atoms with Gasteiger partial charge in [0.05, 0.1) is 33.4 Å². The summed E-state index contributed by atoms with van der Waals surface area (Å²) in [4.78, 5) is 33.2. The Hall–Kier alpha value is -3.89. The van der Waals surface area contributed by atoms with Crippen LogP contribution in [0.2, 0.25) is 0 Å². The van der Waals surface area contributed by atoms with Crippen LogP contribution in [0.3, 0.4) is 0 Å². The second-order valence-electron chi connectivity index (χ2n) is 9.65. The van der Waals surface area contributed by atoms with E-state index in [9.17, 15) is 19.8 Å². The monoisotopic (exact) mass is 606 g/mol. The summed E-state index contributed by atoms with van der Waals surface area (Å²) in [5.74, 6) is -1.19. The van der Waals surface area contributed by atoms with E-state index >= 15 is 0 Å². The number of thiazole rings is 1. The highest BCUT2D eigenvalue weighted by atomic mass is 79.9. The first kappa shape index (κ1) is 25.4. The van der Waals surface area contributed by atoms with Crippen LogP contribution in [-0.4, -0.2) is 40.1 Å². The molecule has 0 aliphatic carbocycles. The predicted molar refractivity (Wildman–Crippen MR) is 152 cm³/mol. The molecule has 6 rings (SSSR count). The summed E-state index contributed by atoms with van der Waals surface area (Å²) < 4.78 is 12.3. The van der Waals surface area contributed by atoms with Crippen molar-refractivity contribution < 1.29 is 29.3 Å². The molecule has 2 aliphatic heterocycles. The molecule has 2 aliphatic rings. The van der Waals surface area contributed by atoms with Gasteiger partial charge in [0.15, 0.2) is 16.6 Å². The number of carbonyl (C=O) groups excluding carboxylic acids is 2. The Morgan fingerprint density at radius 2 is 1.97 bits per heavy atom. The number of phenols is 1. The quantitative estimate of drug-likeness (QED) is 0.166. The average Bonchev–Trinajstić information content (AvgIpc) is 3.57. The van der Waals surface area contributed by atoms with Crippen LogP contribution in [0.5, 0.6) is 17.2 Å². The summed E-state index contributed by atoms with van der Waals surface area (Å²) in [6.45, 7) is 3.92. The van der Waals surface area contributed by atoms with Gasteiger partial charge < -0.3 is 19.7 Å². The number of halogens is 1. The lowest BCUT2D eigenvalue weighted by Crippen LogP contribution is -2.29. The molecule has 4 aromatic rings. The van der Waals surface area contributed by atoms with Crippen molar-refractivity contribution in [3.05, 3.63) is 80.8 Å². The third kappa shape index (κ3) is 4.15. The number of phenolic OH excluding ortho intramolecular Hbond substituents is 1. The maximum absolute atomic E-state index is 13.6. The van der Waals surface area contributed by atoms with Gasteiger partial charge in [0.25, 0.3) is 5.78 Å². The number of amides is 1. The number of aliphatic hydroxyl groups is 1. The highest BCUT2D eigenvalue weighted by molar-refractivity contribution is 9.10. The Balaban J connectivity index is 1.57. The molecule has 39 heavy (non-hydrogen) atoms. The molecular weight excluding hydrogens is 584 g/mol. The van der Waals surface area contributed by atoms with Gasteiger partial charge in [-0.1, -0.05) is 17.4 Å². The molecule has 3 aromatic carbocycles. The number of nitrogens with zero attached hydrogens (tertiary/aromatic N) is 2. The number of methoxy groups -OCH3 is 1. The summed E-state index contributed by atoms with van der Waals surface area (Å²) in [6.07, 6.45) is 0.675. The molecule has 1 fully saturated rings. The minimum Gasteiger partial charge on any atom is -0.507 e. The van der Waals surface area contributed by atoms with Gasteiger partial charge in [-0.25, -0.2) is 4.98 Å². The van der Waals surface area contributed by atoms with E-state index in [2.05, 4.69) is 20.9 Å². The number of aliphatic hydroxyl groups excluding tert-OH is 1. The number of carbonyl (C=O) groups is 2. The fraction of sp³-hybridized carbons (Fsp3) is 0.207. The topological polar surface area (TPSA) is 109 Å². The molecule has 3 heterocycles. The van der Waals surface area contributed by atoms with Crippen LogP contribution in [0, 0.1) is 6.92 Å². The van der Waals surface area contributed by atoms with E-state index in [-0.39, 0.29) is 28.9 Å². The third-order valence-electron chi connectivity index (χ3n) is 6.94. The number of hydrogen-bond acceptors (Lipinski definition) is 8. The minimum absolute atomic E-state index is 0.00691. The van der Waals surface area contributed by atoms with Crippen molar-refractivity contribution in [3.8, 4) is 17.2 Å². The van der Waals surface area contributed by atoms with E-state index in [1.165, 1.54) is 23.3 Å². The van der Waals surface area contributed by atoms with Gasteiger partial charge in [0.2, 0.25) is 0 Å². The molecule has 2 atom stereocenters. The SMILES string of the molecule is COc1cc([C@H]2/C(=C(\O)c3ccc4c(c3)C[C@H](C)O4)C(=O)C(=O)N2c2nc3ccc(C)cc3s2)cc(Br)c1O. The van der Waals surface area contributed by atoms with Crippen molar-refractivity contribution in [1.29, 1.82) is 0 Å². The van der Waals surface area contributed by atoms with Gasteiger partial charge in [0.1, 0.15) is 17.6 Å². The van der Waals surface area contributed by atoms with Gasteiger partial charge in [0, 0.05) is 12.0 Å². The molecule has 8 nitrogen and oxygen atoms in total. The molecule has 0 spiro atoms. The van der Waals surface area contributed by atoms with Gasteiger partial charge in [-0.15, -0.1) is 0 Å². The molecule has 1 saturated heterocycles. The number of rotatable bonds is 4. The molecule has 2 N–H and O–H groups in total. The van der Waals surface area contributed by atoms with Crippen molar-refractivity contribution in [3.63, 3.8) is 0 Å². The molecular formula is C29H23BrN2O6S. The second-order valence-corrected chi connectivity index (χ2v) is 11.5. The maximum atomic E-state index is 13.6. The fourth-order valence-electron chi connectivity index (χ4n) is 5.10. The number of ether oxygens (including phenoxy) is 2. The lowest BCUT2D eigenvalue weighted by Gasteiger charge is -2.24. The van der Waals surface area contributed by atoms with Gasteiger partial charge in [-0.3, -0.25) is 14.5 Å². The normalized spacial score (nSPS) is 19.9. The summed E-state index contributed by atoms with van der Waals surface area (Å²) in [5, 5.41) is 22.3. The minimum atomic E-state index is -1.03. The molecule has 0 saturated carbocycles. The average molecular weight is 607 g/mol. The highest BCUT2D eigenvalue weighted by Crippen LogP contribution is 2.47. The zero-order valence-electron chi connectivity index (χ0n) is 21.2. The van der Waals surface area contributed by atoms with E-state index in [0.717, 1.165) is 21.6 Å². The first-order chi connectivity index (χ1) is 18.7. The number of benzene rings is 3. The van der Waals surface area contributed by atoms with E-state index < -0.39 is 17.7 Å². The van der Waals surface area contributed by atoms with Crippen LogP contribution in [0.15, 0.2) is 58.6 Å². The largest absolute Gasteiger partial charge is 0.507 e. The van der Waals surface area contributed by atoms with Gasteiger partial charge in [-0.05, 0) is 88.9 Å². The van der Waals surface area contributed by atoms with E-state index in [1.54, 1.807) is 30.3 Å². The van der Waals surface area contributed by atoms with Gasteiger partial charge in [-0.2, -0.15) is 0 Å². The second kappa shape index (κ2) is 9.39. The Kier molecular flexibility index (Phi) is 6.11. The lowest BCUT2D eigenvalue weighted by atomic mass is 9.94. The van der Waals surface area contributed by atoms with Crippen molar-refractivity contribution in [2.45, 2.75) is 32.4 Å². The van der Waals surface area contributed by atoms with Crippen molar-refractivity contribution in [2.24, 2.45) is 0 Å². The molecule has 0 bridgehead atoms. The number of aromatic hydroxyl groups is 1. The first-order valence-corrected chi connectivity index (χ1v) is 13.8. The van der Waals surface area contributed by atoms with E-state index in [1.807, 2.05) is 32.0 Å². The van der Waals surface area contributed by atoms with Crippen LogP contribution < -0.4 is 14.4 Å². The number of Topliss-reactive ketones (excluding diaryl/α,β-unsaturated/α-hetero) is 1. The number of anilines is 1. The molecule has 0 unspecified atom stereocenters. The van der Waals surface area contributed by atoms with Crippen molar-refractivity contribution >= 4 is 60.1 Å². The molecule has 1 amide bonds. The lowest BCUT2D eigenvalue weighted by molar-refractivity contribution is -0.132. The first-order valence-electron chi connectivity index (χ1n) is 12.2. The summed E-state index contributed by atoms with van der Waals surface area (Å²) in [5.41, 5.74) is 3.41. The number of aromatic nitrogens is 1. The van der Waals surface area contributed by atoms with Crippen LogP contribution in [0.4, 0.5) is 5.13 Å². The Morgan fingerprint density at radius 1 is 1.18 bits per heavy atom. The molecule has 10 heteroatoms. The highest BCUT2D eigenvalue weighted by Gasteiger charge is 2.48.